The van der Waals surface area contributed by atoms with Crippen molar-refractivity contribution in [1.82, 2.24) is 5.32 Å². The molecule has 18 nitrogen and oxygen atoms in total. The molecule has 0 aromatic carbocycles. The fraction of sp³-hybridized carbons (Fsp3) is 0.850. The lowest BCUT2D eigenvalue weighted by atomic mass is 9.94. The molecule has 3 aliphatic heterocycles. The molecule has 3 aliphatic rings. The highest BCUT2D eigenvalue weighted by Gasteiger charge is 2.54. The maximum atomic E-state index is 12.0. The molecule has 3 saturated heterocycles. The first kappa shape index (κ1) is 30.5. The van der Waals surface area contributed by atoms with Crippen LogP contribution in [-0.2, 0) is 38.1 Å². The van der Waals surface area contributed by atoms with Crippen molar-refractivity contribution in [3.63, 3.8) is 0 Å². The summed E-state index contributed by atoms with van der Waals surface area (Å²) >= 11 is 0. The first-order valence-electron chi connectivity index (χ1n) is 11.4. The van der Waals surface area contributed by atoms with Gasteiger partial charge in [0.15, 0.2) is 24.8 Å². The van der Waals surface area contributed by atoms with E-state index in [0.29, 0.717) is 0 Å². The van der Waals surface area contributed by atoms with Crippen LogP contribution in [0, 0.1) is 0 Å². The Balaban J connectivity index is 1.93. The molecule has 10 N–H and O–H groups in total. The zero-order chi connectivity index (χ0) is 28.5. The number of amides is 1. The minimum absolute atomic E-state index is 0.543. The van der Waals surface area contributed by atoms with Gasteiger partial charge in [-0.15, -0.1) is 0 Å². The minimum atomic E-state index is -2.07. The van der Waals surface area contributed by atoms with Gasteiger partial charge in [0.05, 0.1) is 13.2 Å². The van der Waals surface area contributed by atoms with E-state index < -0.39 is 117 Å². The second kappa shape index (κ2) is 12.4. The molecule has 218 valence electrons. The zero-order valence-electron chi connectivity index (χ0n) is 19.8. The summed E-state index contributed by atoms with van der Waals surface area (Å²) in [7, 11) is 0. The summed E-state index contributed by atoms with van der Waals surface area (Å²) in [6.45, 7) is -0.402. The van der Waals surface area contributed by atoms with Crippen molar-refractivity contribution in [3.05, 3.63) is 0 Å². The summed E-state index contributed by atoms with van der Waals surface area (Å²) in [6, 6.07) is -1.60. The summed E-state index contributed by atoms with van der Waals surface area (Å²) in [5, 5.41) is 92.2. The average Bonchev–Trinajstić information content (AvgIpc) is 2.84. The van der Waals surface area contributed by atoms with E-state index in [1.807, 2.05) is 0 Å². The van der Waals surface area contributed by atoms with Crippen molar-refractivity contribution < 1.29 is 84.0 Å². The highest BCUT2D eigenvalue weighted by molar-refractivity contribution is 5.74. The smallest absolute Gasteiger partial charge is 0.335 e. The van der Waals surface area contributed by atoms with Gasteiger partial charge < -0.3 is 75.0 Å². The molecule has 38 heavy (non-hydrogen) atoms. The van der Waals surface area contributed by atoms with E-state index in [-0.39, 0.29) is 0 Å². The molecule has 0 aliphatic carbocycles. The fourth-order valence-corrected chi connectivity index (χ4v) is 4.37. The van der Waals surface area contributed by atoms with Gasteiger partial charge in [0.2, 0.25) is 5.91 Å². The van der Waals surface area contributed by atoms with Crippen LogP contribution in [0.15, 0.2) is 0 Å². The van der Waals surface area contributed by atoms with Crippen LogP contribution in [0.5, 0.6) is 0 Å². The second-order valence-electron chi connectivity index (χ2n) is 9.03. The highest BCUT2D eigenvalue weighted by Crippen LogP contribution is 2.32. The molecule has 3 heterocycles. The lowest BCUT2D eigenvalue weighted by Gasteiger charge is -2.48. The largest absolute Gasteiger partial charge is 0.479 e. The van der Waals surface area contributed by atoms with E-state index in [2.05, 4.69) is 5.32 Å². The van der Waals surface area contributed by atoms with Crippen molar-refractivity contribution in [2.45, 2.75) is 92.7 Å². The van der Waals surface area contributed by atoms with Crippen LogP contribution < -0.4 is 5.32 Å². The number of hydrogen-bond donors (Lipinski definition) is 10. The van der Waals surface area contributed by atoms with Crippen LogP contribution >= 0.6 is 0 Å². The molecule has 1 amide bonds. The number of ether oxygens (including phenoxy) is 5. The second-order valence-corrected chi connectivity index (χ2v) is 9.03. The van der Waals surface area contributed by atoms with E-state index in [4.69, 9.17) is 23.7 Å². The molecule has 0 spiro atoms. The predicted molar refractivity (Wildman–Crippen MR) is 113 cm³/mol. The van der Waals surface area contributed by atoms with Gasteiger partial charge in [-0.05, 0) is 0 Å². The number of carboxylic acids is 2. The quantitative estimate of drug-likeness (QED) is 0.133. The summed E-state index contributed by atoms with van der Waals surface area (Å²) in [5.74, 6) is -4.07. The topological polar surface area (TPSA) is 291 Å². The number of carbonyl (C=O) groups excluding carboxylic acids is 1. The van der Waals surface area contributed by atoms with Crippen LogP contribution in [-0.4, -0.2) is 163 Å². The average molecular weight is 557 g/mol. The number of carboxylic acid groups (broad SMARTS) is 2. The number of aliphatic carboxylic acids is 2. The van der Waals surface area contributed by atoms with Crippen LogP contribution in [0.1, 0.15) is 6.92 Å². The molecular weight excluding hydrogens is 526 g/mol. The Bertz CT molecular complexity index is 859. The summed E-state index contributed by atoms with van der Waals surface area (Å²) in [5.41, 5.74) is 0. The molecule has 0 saturated carbocycles. The van der Waals surface area contributed by atoms with Crippen LogP contribution in [0.25, 0.3) is 0 Å². The van der Waals surface area contributed by atoms with Gasteiger partial charge in [0.1, 0.15) is 61.0 Å². The Morgan fingerprint density at radius 1 is 0.789 bits per heavy atom. The first-order valence-corrected chi connectivity index (χ1v) is 11.4. The van der Waals surface area contributed by atoms with Crippen molar-refractivity contribution in [3.8, 4) is 0 Å². The molecule has 14 atom stereocenters. The Hall–Kier alpha value is -2.07. The molecule has 0 aromatic rings. The van der Waals surface area contributed by atoms with Gasteiger partial charge in [-0.1, -0.05) is 0 Å². The summed E-state index contributed by atoms with van der Waals surface area (Å²) < 4.78 is 26.7. The van der Waals surface area contributed by atoms with Crippen molar-refractivity contribution >= 4 is 17.8 Å². The Labute approximate surface area is 213 Å². The SMILES string of the molecule is CC(=O)N[C@H]1[C@H](O[C@H]2[C@H](O)[C@@H](O)CO[C@@H]2C(=O)O)O[C@H](CO)[C@H](O)[C@@H]1O[C@@H]1O[C@H](C(=O)O)[C@@H](O)[C@H](O)[C@H]1O. The Kier molecular flexibility index (Phi) is 9.95. The van der Waals surface area contributed by atoms with Gasteiger partial charge in [0.25, 0.3) is 0 Å². The van der Waals surface area contributed by atoms with Crippen LogP contribution in [0.4, 0.5) is 0 Å². The highest BCUT2D eigenvalue weighted by atomic mass is 16.7. The number of hydrogen-bond acceptors (Lipinski definition) is 15. The van der Waals surface area contributed by atoms with Gasteiger partial charge in [-0.25, -0.2) is 9.59 Å². The van der Waals surface area contributed by atoms with Gasteiger partial charge in [0, 0.05) is 6.92 Å². The predicted octanol–water partition coefficient (Wildman–Crippen LogP) is -6.56. The van der Waals surface area contributed by atoms with Crippen molar-refractivity contribution in [2.75, 3.05) is 13.2 Å². The molecule has 0 aromatic heterocycles. The van der Waals surface area contributed by atoms with E-state index in [1.54, 1.807) is 0 Å². The molecule has 0 unspecified atom stereocenters. The minimum Gasteiger partial charge on any atom is -0.479 e. The van der Waals surface area contributed by atoms with Crippen molar-refractivity contribution in [1.29, 1.82) is 0 Å². The third-order valence-corrected chi connectivity index (χ3v) is 6.34. The van der Waals surface area contributed by atoms with Crippen LogP contribution in [0.3, 0.4) is 0 Å². The maximum absolute atomic E-state index is 12.0. The number of aliphatic hydroxyl groups excluding tert-OH is 7. The van der Waals surface area contributed by atoms with E-state index >= 15 is 0 Å². The molecular formula is C20H31NO17. The molecule has 18 heteroatoms. The molecule has 3 rings (SSSR count). The van der Waals surface area contributed by atoms with E-state index in [0.717, 1.165) is 6.92 Å². The number of carbonyl (C=O) groups is 3. The Morgan fingerprint density at radius 2 is 1.39 bits per heavy atom. The zero-order valence-corrected chi connectivity index (χ0v) is 19.8. The molecule has 0 bridgehead atoms. The lowest BCUT2D eigenvalue weighted by Crippen LogP contribution is -2.69. The number of aliphatic hydroxyl groups is 7. The number of rotatable bonds is 8. The normalized spacial score (nSPS) is 45.8. The summed E-state index contributed by atoms with van der Waals surface area (Å²) in [6.07, 6.45) is -24.2. The van der Waals surface area contributed by atoms with E-state index in [1.165, 1.54) is 0 Å². The standard InChI is InChI=1S/C20H31NO17/c1-4(23)21-7-13(36-20-12(29)10(27)11(28)15(38-20)17(30)31)9(26)6(2-22)35-19(7)37-14-8(25)5(24)3-34-16(14)18(32)33/h5-16,19-20,22,24-29H,2-3H2,1H3,(H,21,23)(H,30,31)(H,32,33)/t5-,6+,7+,8+,9-,10-,11-,12+,13+,14-,15-,16-,19-,20+/m0/s1. The Morgan fingerprint density at radius 3 is 1.95 bits per heavy atom. The lowest BCUT2D eigenvalue weighted by molar-refractivity contribution is -0.350. The van der Waals surface area contributed by atoms with Crippen molar-refractivity contribution in [2.24, 2.45) is 0 Å². The monoisotopic (exact) mass is 557 g/mol. The third-order valence-electron chi connectivity index (χ3n) is 6.34. The number of nitrogens with one attached hydrogen (secondary N) is 1. The van der Waals surface area contributed by atoms with Gasteiger partial charge in [-0.3, -0.25) is 4.79 Å². The fourth-order valence-electron chi connectivity index (χ4n) is 4.37. The maximum Gasteiger partial charge on any atom is 0.335 e. The first-order chi connectivity index (χ1) is 17.8. The third kappa shape index (κ3) is 6.22. The van der Waals surface area contributed by atoms with Gasteiger partial charge >= 0.3 is 11.9 Å². The van der Waals surface area contributed by atoms with E-state index in [9.17, 15) is 60.3 Å². The summed E-state index contributed by atoms with van der Waals surface area (Å²) in [4.78, 5) is 35.1. The van der Waals surface area contributed by atoms with Gasteiger partial charge in [-0.2, -0.15) is 0 Å². The molecule has 3 fully saturated rings. The van der Waals surface area contributed by atoms with Crippen LogP contribution in [0.2, 0.25) is 0 Å². The molecule has 0 radical (unpaired) electrons.